The first-order chi connectivity index (χ1) is 15.7. The van der Waals surface area contributed by atoms with Crippen molar-refractivity contribution in [1.82, 2.24) is 36.6 Å². The SMILES string of the molecule is CN(CCN)CC1CCCC(C2NC(NCC3CCCNC3)C3CNN(C4CC4)C3N2)C1. The molecule has 0 aromatic carbocycles. The van der Waals surface area contributed by atoms with Crippen LogP contribution in [0.5, 0.6) is 0 Å². The molecule has 3 saturated heterocycles. The molecule has 0 radical (unpaired) electrons. The fourth-order valence-corrected chi connectivity index (χ4v) is 6.82. The number of hydrogen-bond acceptors (Lipinski definition) is 8. The molecular weight excluding hydrogens is 400 g/mol. The van der Waals surface area contributed by atoms with E-state index in [-0.39, 0.29) is 0 Å². The van der Waals surface area contributed by atoms with E-state index in [0.29, 0.717) is 30.3 Å². The van der Waals surface area contributed by atoms with Gasteiger partial charge in [0.15, 0.2) is 0 Å². The Hall–Kier alpha value is -0.320. The fourth-order valence-electron chi connectivity index (χ4n) is 6.82. The van der Waals surface area contributed by atoms with Gasteiger partial charge in [-0.1, -0.05) is 6.42 Å². The van der Waals surface area contributed by atoms with Crippen LogP contribution in [-0.4, -0.2) is 87.3 Å². The number of nitrogens with two attached hydrogens (primary N) is 1. The molecule has 7 N–H and O–H groups in total. The Balaban J connectivity index is 1.22. The summed E-state index contributed by atoms with van der Waals surface area (Å²) >= 11 is 0. The average Bonchev–Trinajstić information content (AvgIpc) is 3.57. The van der Waals surface area contributed by atoms with Gasteiger partial charge in [-0.15, -0.1) is 0 Å². The molecule has 7 atom stereocenters. The standard InChI is InChI=1S/C24H48N8/c1-31(11-9-25)16-17-4-2-6-19(12-17)22-29-23(27-14-18-5-3-10-26-13-18)21-15-28-32(20-7-8-20)24(21)30-22/h17-24,26-30H,2-16,25H2,1H3. The first-order valence-corrected chi connectivity index (χ1v) is 13.6. The molecule has 3 heterocycles. The van der Waals surface area contributed by atoms with Crippen LogP contribution in [-0.2, 0) is 0 Å². The van der Waals surface area contributed by atoms with Gasteiger partial charge in [-0.05, 0) is 82.8 Å². The Morgan fingerprint density at radius 2 is 1.91 bits per heavy atom. The number of rotatable bonds is 9. The highest BCUT2D eigenvalue weighted by Crippen LogP contribution is 2.36. The Morgan fingerprint density at radius 1 is 1.03 bits per heavy atom. The lowest BCUT2D eigenvalue weighted by atomic mass is 9.78. The molecule has 184 valence electrons. The molecule has 0 aromatic heterocycles. The second-order valence-electron chi connectivity index (χ2n) is 11.4. The second-order valence-corrected chi connectivity index (χ2v) is 11.4. The van der Waals surface area contributed by atoms with E-state index in [1.165, 1.54) is 71.0 Å². The van der Waals surface area contributed by atoms with Gasteiger partial charge in [0.1, 0.15) is 0 Å². The van der Waals surface area contributed by atoms with Crippen LogP contribution >= 0.6 is 0 Å². The van der Waals surface area contributed by atoms with Gasteiger partial charge >= 0.3 is 0 Å². The third-order valence-corrected chi connectivity index (χ3v) is 8.69. The molecule has 0 bridgehead atoms. The van der Waals surface area contributed by atoms with Crippen molar-refractivity contribution in [1.29, 1.82) is 0 Å². The summed E-state index contributed by atoms with van der Waals surface area (Å²) in [4.78, 5) is 2.43. The maximum Gasteiger partial charge on any atom is 0.0817 e. The Morgan fingerprint density at radius 3 is 2.69 bits per heavy atom. The predicted molar refractivity (Wildman–Crippen MR) is 130 cm³/mol. The summed E-state index contributed by atoms with van der Waals surface area (Å²) < 4.78 is 0. The number of piperidine rings is 1. The topological polar surface area (TPSA) is 92.6 Å². The number of fused-ring (bicyclic) bond motifs is 1. The zero-order valence-corrected chi connectivity index (χ0v) is 20.2. The van der Waals surface area contributed by atoms with Gasteiger partial charge in [0, 0.05) is 44.7 Å². The summed E-state index contributed by atoms with van der Waals surface area (Å²) in [6.45, 7) is 7.52. The third kappa shape index (κ3) is 5.66. The molecule has 5 rings (SSSR count). The summed E-state index contributed by atoms with van der Waals surface area (Å²) in [5, 5.41) is 18.3. The van der Waals surface area contributed by atoms with Crippen LogP contribution in [0, 0.1) is 23.7 Å². The maximum absolute atomic E-state index is 5.79. The largest absolute Gasteiger partial charge is 0.329 e. The molecule has 2 saturated carbocycles. The molecule has 5 aliphatic rings. The third-order valence-electron chi connectivity index (χ3n) is 8.69. The van der Waals surface area contributed by atoms with Crippen molar-refractivity contribution in [2.24, 2.45) is 29.4 Å². The van der Waals surface area contributed by atoms with Gasteiger partial charge in [-0.3, -0.25) is 16.1 Å². The van der Waals surface area contributed by atoms with Gasteiger partial charge in [-0.25, -0.2) is 5.01 Å². The number of likely N-dealkylation sites (N-methyl/N-ethyl adjacent to an activating group) is 1. The van der Waals surface area contributed by atoms with E-state index in [4.69, 9.17) is 5.73 Å². The van der Waals surface area contributed by atoms with Gasteiger partial charge < -0.3 is 21.3 Å². The van der Waals surface area contributed by atoms with Crippen molar-refractivity contribution in [3.63, 3.8) is 0 Å². The minimum Gasteiger partial charge on any atom is -0.329 e. The van der Waals surface area contributed by atoms with Crippen LogP contribution in [0.3, 0.4) is 0 Å². The summed E-state index contributed by atoms with van der Waals surface area (Å²) in [7, 11) is 2.23. The van der Waals surface area contributed by atoms with Crippen molar-refractivity contribution >= 4 is 0 Å². The van der Waals surface area contributed by atoms with E-state index < -0.39 is 0 Å². The molecule has 7 unspecified atom stereocenters. The summed E-state index contributed by atoms with van der Waals surface area (Å²) in [6.07, 6.45) is 12.0. The zero-order chi connectivity index (χ0) is 21.9. The van der Waals surface area contributed by atoms with Crippen molar-refractivity contribution in [3.8, 4) is 0 Å². The Labute approximate surface area is 195 Å². The van der Waals surface area contributed by atoms with Crippen molar-refractivity contribution in [3.05, 3.63) is 0 Å². The molecule has 2 aliphatic carbocycles. The molecule has 0 amide bonds. The molecule has 3 aliphatic heterocycles. The molecule has 0 aromatic rings. The summed E-state index contributed by atoms with van der Waals surface area (Å²) in [5.74, 6) is 2.86. The minimum atomic E-state index is 0.393. The Bertz CT molecular complexity index is 580. The smallest absolute Gasteiger partial charge is 0.0817 e. The predicted octanol–water partition coefficient (Wildman–Crippen LogP) is 0.0424. The fraction of sp³-hybridized carbons (Fsp3) is 1.00. The lowest BCUT2D eigenvalue weighted by molar-refractivity contribution is 0.0312. The minimum absolute atomic E-state index is 0.393. The number of nitrogens with one attached hydrogen (secondary N) is 5. The van der Waals surface area contributed by atoms with Gasteiger partial charge in [-0.2, -0.15) is 0 Å². The van der Waals surface area contributed by atoms with Crippen LogP contribution in [0.1, 0.15) is 51.4 Å². The quantitative estimate of drug-likeness (QED) is 0.295. The van der Waals surface area contributed by atoms with E-state index in [1.54, 1.807) is 0 Å². The van der Waals surface area contributed by atoms with Gasteiger partial charge in [0.25, 0.3) is 0 Å². The lowest BCUT2D eigenvalue weighted by Gasteiger charge is -2.47. The number of hydrogen-bond donors (Lipinski definition) is 6. The lowest BCUT2D eigenvalue weighted by Crippen LogP contribution is -2.71. The van der Waals surface area contributed by atoms with Gasteiger partial charge in [0.05, 0.1) is 18.5 Å². The highest BCUT2D eigenvalue weighted by Gasteiger charge is 2.49. The number of nitrogens with zero attached hydrogens (tertiary/aromatic N) is 2. The van der Waals surface area contributed by atoms with E-state index in [9.17, 15) is 0 Å². The van der Waals surface area contributed by atoms with Crippen molar-refractivity contribution in [2.45, 2.75) is 75.9 Å². The van der Waals surface area contributed by atoms with Crippen LogP contribution in [0.15, 0.2) is 0 Å². The summed E-state index contributed by atoms with van der Waals surface area (Å²) in [6, 6.07) is 0.739. The monoisotopic (exact) mass is 448 g/mol. The van der Waals surface area contributed by atoms with E-state index in [1.807, 2.05) is 0 Å². The first-order valence-electron chi connectivity index (χ1n) is 13.6. The van der Waals surface area contributed by atoms with Crippen molar-refractivity contribution < 1.29 is 0 Å². The average molecular weight is 449 g/mol. The molecule has 8 nitrogen and oxygen atoms in total. The molecule has 32 heavy (non-hydrogen) atoms. The number of hydrazine groups is 1. The van der Waals surface area contributed by atoms with E-state index in [0.717, 1.165) is 44.1 Å². The second kappa shape index (κ2) is 11.0. The van der Waals surface area contributed by atoms with Crippen LogP contribution in [0.2, 0.25) is 0 Å². The van der Waals surface area contributed by atoms with Crippen LogP contribution in [0.4, 0.5) is 0 Å². The highest BCUT2D eigenvalue weighted by molar-refractivity contribution is 5.02. The molecule has 8 heteroatoms. The highest BCUT2D eigenvalue weighted by atomic mass is 15.6. The molecular formula is C24H48N8. The van der Waals surface area contributed by atoms with E-state index >= 15 is 0 Å². The maximum atomic E-state index is 5.79. The van der Waals surface area contributed by atoms with Crippen LogP contribution in [0.25, 0.3) is 0 Å². The molecule has 0 spiro atoms. The normalized spacial score (nSPS) is 41.2. The van der Waals surface area contributed by atoms with E-state index in [2.05, 4.69) is 43.6 Å². The Kier molecular flexibility index (Phi) is 8.02. The summed E-state index contributed by atoms with van der Waals surface area (Å²) in [5.41, 5.74) is 9.55. The zero-order valence-electron chi connectivity index (χ0n) is 20.2. The molecule has 5 fully saturated rings. The van der Waals surface area contributed by atoms with Crippen molar-refractivity contribution in [2.75, 3.05) is 52.9 Å². The van der Waals surface area contributed by atoms with Gasteiger partial charge in [0.2, 0.25) is 0 Å². The first kappa shape index (κ1) is 23.4. The van der Waals surface area contributed by atoms with Crippen LogP contribution < -0.4 is 32.4 Å².